The number of carboxylic acid groups (broad SMARTS) is 1. The van der Waals surface area contributed by atoms with E-state index in [-0.39, 0.29) is 21.3 Å². The van der Waals surface area contributed by atoms with Crippen molar-refractivity contribution in [1.29, 1.82) is 0 Å². The fourth-order valence-electron chi connectivity index (χ4n) is 1.61. The first kappa shape index (κ1) is 15.2. The monoisotopic (exact) mass is 324 g/mol. The number of carbonyl (C=O) groups excluding carboxylic acids is 1. The quantitative estimate of drug-likeness (QED) is 0.785. The SMILES string of the molecule is O=C(Nc1ccccc1)Nc1c(Cl)cc(C(=O)O)cc1Cl. The molecule has 0 saturated carbocycles. The maximum atomic E-state index is 11.8. The number of halogens is 2. The van der Waals surface area contributed by atoms with Crippen LogP contribution in [0.4, 0.5) is 16.2 Å². The molecule has 0 saturated heterocycles. The normalized spacial score (nSPS) is 10.0. The van der Waals surface area contributed by atoms with Gasteiger partial charge in [-0.2, -0.15) is 0 Å². The van der Waals surface area contributed by atoms with E-state index >= 15 is 0 Å². The molecule has 0 unspecified atom stereocenters. The van der Waals surface area contributed by atoms with Crippen molar-refractivity contribution < 1.29 is 14.7 Å². The van der Waals surface area contributed by atoms with Crippen LogP contribution in [0.5, 0.6) is 0 Å². The van der Waals surface area contributed by atoms with E-state index in [2.05, 4.69) is 10.6 Å². The molecule has 21 heavy (non-hydrogen) atoms. The highest BCUT2D eigenvalue weighted by Crippen LogP contribution is 2.32. The molecular weight excluding hydrogens is 315 g/mol. The third-order valence-corrected chi connectivity index (χ3v) is 3.16. The average molecular weight is 325 g/mol. The number of hydrogen-bond donors (Lipinski definition) is 3. The smallest absolute Gasteiger partial charge is 0.335 e. The molecule has 0 bridgehead atoms. The Kier molecular flexibility index (Phi) is 4.67. The van der Waals surface area contributed by atoms with Crippen molar-refractivity contribution in [2.75, 3.05) is 10.6 Å². The Morgan fingerprint density at radius 3 is 2.05 bits per heavy atom. The van der Waals surface area contributed by atoms with E-state index in [4.69, 9.17) is 28.3 Å². The van der Waals surface area contributed by atoms with E-state index in [0.29, 0.717) is 5.69 Å². The van der Waals surface area contributed by atoms with Gasteiger partial charge in [-0.25, -0.2) is 9.59 Å². The first-order valence-corrected chi connectivity index (χ1v) is 6.58. The molecule has 5 nitrogen and oxygen atoms in total. The highest BCUT2D eigenvalue weighted by molar-refractivity contribution is 6.40. The number of hydrogen-bond acceptors (Lipinski definition) is 2. The van der Waals surface area contributed by atoms with Crippen LogP contribution in [0.25, 0.3) is 0 Å². The second-order valence-electron chi connectivity index (χ2n) is 4.07. The van der Waals surface area contributed by atoms with Crippen LogP contribution in [0.1, 0.15) is 10.4 Å². The van der Waals surface area contributed by atoms with Gasteiger partial charge in [0.25, 0.3) is 0 Å². The Balaban J connectivity index is 2.16. The Morgan fingerprint density at radius 1 is 0.952 bits per heavy atom. The Bertz CT molecular complexity index is 667. The van der Waals surface area contributed by atoms with E-state index in [0.717, 1.165) is 0 Å². The molecule has 2 amide bonds. The third kappa shape index (κ3) is 3.87. The van der Waals surface area contributed by atoms with Crippen LogP contribution in [0.15, 0.2) is 42.5 Å². The predicted octanol–water partition coefficient (Wildman–Crippen LogP) is 4.34. The summed E-state index contributed by atoms with van der Waals surface area (Å²) in [6, 6.07) is 10.7. The maximum Gasteiger partial charge on any atom is 0.335 e. The third-order valence-electron chi connectivity index (χ3n) is 2.56. The molecule has 0 fully saturated rings. The Labute approximate surface area is 130 Å². The van der Waals surface area contributed by atoms with E-state index in [9.17, 15) is 9.59 Å². The fourth-order valence-corrected chi connectivity index (χ4v) is 2.19. The van der Waals surface area contributed by atoms with Gasteiger partial charge in [-0.15, -0.1) is 0 Å². The van der Waals surface area contributed by atoms with Crippen LogP contribution >= 0.6 is 23.2 Å². The van der Waals surface area contributed by atoms with Crippen LogP contribution < -0.4 is 10.6 Å². The first-order chi connectivity index (χ1) is 9.97. The molecule has 0 aromatic heterocycles. The van der Waals surface area contributed by atoms with Crippen molar-refractivity contribution in [2.24, 2.45) is 0 Å². The van der Waals surface area contributed by atoms with Gasteiger partial charge in [-0.1, -0.05) is 41.4 Å². The van der Waals surface area contributed by atoms with Crippen molar-refractivity contribution in [1.82, 2.24) is 0 Å². The highest BCUT2D eigenvalue weighted by Gasteiger charge is 2.14. The van der Waals surface area contributed by atoms with Crippen LogP contribution in [0.2, 0.25) is 10.0 Å². The number of anilines is 2. The van der Waals surface area contributed by atoms with Crippen LogP contribution in [0, 0.1) is 0 Å². The summed E-state index contributed by atoms with van der Waals surface area (Å²) in [5.41, 5.74) is 0.695. The van der Waals surface area contributed by atoms with E-state index in [1.807, 2.05) is 6.07 Å². The van der Waals surface area contributed by atoms with E-state index in [1.54, 1.807) is 24.3 Å². The predicted molar refractivity (Wildman–Crippen MR) is 82.5 cm³/mol. The van der Waals surface area contributed by atoms with Crippen LogP contribution in [-0.2, 0) is 0 Å². The zero-order chi connectivity index (χ0) is 15.4. The van der Waals surface area contributed by atoms with E-state index in [1.165, 1.54) is 12.1 Å². The zero-order valence-electron chi connectivity index (χ0n) is 10.6. The number of carbonyl (C=O) groups is 2. The number of carboxylic acids is 1. The van der Waals surface area contributed by atoms with Crippen molar-refractivity contribution in [3.05, 3.63) is 58.1 Å². The molecular formula is C14H10Cl2N2O3. The molecule has 0 heterocycles. The molecule has 2 aromatic rings. The van der Waals surface area contributed by atoms with Gasteiger partial charge in [0.05, 0.1) is 21.3 Å². The lowest BCUT2D eigenvalue weighted by Gasteiger charge is -2.11. The molecule has 2 rings (SSSR count). The van der Waals surface area contributed by atoms with Crippen molar-refractivity contribution in [3.8, 4) is 0 Å². The molecule has 0 aliphatic rings. The van der Waals surface area contributed by atoms with E-state index < -0.39 is 12.0 Å². The largest absolute Gasteiger partial charge is 0.478 e. The van der Waals surface area contributed by atoms with Crippen molar-refractivity contribution in [2.45, 2.75) is 0 Å². The van der Waals surface area contributed by atoms with Gasteiger partial charge in [0, 0.05) is 5.69 Å². The van der Waals surface area contributed by atoms with Gasteiger partial charge in [0.15, 0.2) is 0 Å². The molecule has 108 valence electrons. The molecule has 0 radical (unpaired) electrons. The van der Waals surface area contributed by atoms with Gasteiger partial charge >= 0.3 is 12.0 Å². The molecule has 0 aliphatic heterocycles. The molecule has 7 heteroatoms. The number of aromatic carboxylic acids is 1. The number of nitrogens with one attached hydrogen (secondary N) is 2. The summed E-state index contributed by atoms with van der Waals surface area (Å²) in [7, 11) is 0. The topological polar surface area (TPSA) is 78.4 Å². The summed E-state index contributed by atoms with van der Waals surface area (Å²) in [5, 5.41) is 14.1. The molecule has 2 aromatic carbocycles. The van der Waals surface area contributed by atoms with Crippen molar-refractivity contribution >= 4 is 46.6 Å². The highest BCUT2D eigenvalue weighted by atomic mass is 35.5. The standard InChI is InChI=1S/C14H10Cl2N2O3/c15-10-6-8(13(19)20)7-11(16)12(10)18-14(21)17-9-4-2-1-3-5-9/h1-7H,(H,19,20)(H2,17,18,21). The second kappa shape index (κ2) is 6.47. The minimum atomic E-state index is -1.15. The summed E-state index contributed by atoms with van der Waals surface area (Å²) >= 11 is 11.9. The molecule has 3 N–H and O–H groups in total. The van der Waals surface area contributed by atoms with Gasteiger partial charge in [-0.05, 0) is 24.3 Å². The van der Waals surface area contributed by atoms with Crippen LogP contribution in [0.3, 0.4) is 0 Å². The first-order valence-electron chi connectivity index (χ1n) is 5.83. The number of amides is 2. The zero-order valence-corrected chi connectivity index (χ0v) is 12.1. The summed E-state index contributed by atoms with van der Waals surface area (Å²) in [5.74, 6) is -1.15. The van der Waals surface area contributed by atoms with Gasteiger partial charge in [0.1, 0.15) is 0 Å². The number of benzene rings is 2. The fraction of sp³-hybridized carbons (Fsp3) is 0. The number of para-hydroxylation sites is 1. The molecule has 0 aliphatic carbocycles. The second-order valence-corrected chi connectivity index (χ2v) is 4.88. The summed E-state index contributed by atoms with van der Waals surface area (Å²) < 4.78 is 0. The summed E-state index contributed by atoms with van der Waals surface area (Å²) in [6.07, 6.45) is 0. The lowest BCUT2D eigenvalue weighted by Crippen LogP contribution is -2.20. The van der Waals surface area contributed by atoms with Gasteiger partial charge in [-0.3, -0.25) is 0 Å². The number of urea groups is 1. The Hall–Kier alpha value is -2.24. The average Bonchev–Trinajstić information content (AvgIpc) is 2.43. The van der Waals surface area contributed by atoms with Gasteiger partial charge < -0.3 is 15.7 Å². The van der Waals surface area contributed by atoms with Gasteiger partial charge in [0.2, 0.25) is 0 Å². The maximum absolute atomic E-state index is 11.8. The molecule has 0 atom stereocenters. The molecule has 0 spiro atoms. The van der Waals surface area contributed by atoms with Crippen molar-refractivity contribution in [3.63, 3.8) is 0 Å². The van der Waals surface area contributed by atoms with Crippen LogP contribution in [-0.4, -0.2) is 17.1 Å². The minimum Gasteiger partial charge on any atom is -0.478 e. The minimum absolute atomic E-state index is 0.0445. The summed E-state index contributed by atoms with van der Waals surface area (Å²) in [6.45, 7) is 0. The summed E-state index contributed by atoms with van der Waals surface area (Å²) in [4.78, 5) is 22.7. The number of rotatable bonds is 3. The Morgan fingerprint density at radius 2 is 1.52 bits per heavy atom. The lowest BCUT2D eigenvalue weighted by atomic mass is 10.2. The lowest BCUT2D eigenvalue weighted by molar-refractivity contribution is 0.0697.